The van der Waals surface area contributed by atoms with Gasteiger partial charge in [-0.15, -0.1) is 0 Å². The number of phenols is 1. The summed E-state index contributed by atoms with van der Waals surface area (Å²) in [7, 11) is 0. The summed E-state index contributed by atoms with van der Waals surface area (Å²) in [5.74, 6) is 2.64. The van der Waals surface area contributed by atoms with Crippen molar-refractivity contribution >= 4 is 17.9 Å². The molecule has 1 fully saturated rings. The molecule has 3 aromatic carbocycles. The first-order chi connectivity index (χ1) is 18.3. The number of likely N-dealkylation sites (tertiary alicyclic amines) is 1. The third-order valence-electron chi connectivity index (χ3n) is 7.91. The second-order valence-electron chi connectivity index (χ2n) is 10.9. The van der Waals surface area contributed by atoms with Crippen molar-refractivity contribution in [3.63, 3.8) is 0 Å². The zero-order valence-corrected chi connectivity index (χ0v) is 22.9. The van der Waals surface area contributed by atoms with Crippen LogP contribution < -0.4 is 9.47 Å². The average Bonchev–Trinajstić information content (AvgIpc) is 3.35. The van der Waals surface area contributed by atoms with Gasteiger partial charge in [-0.1, -0.05) is 37.3 Å². The molecule has 0 spiro atoms. The number of hydrogen-bond donors (Lipinski definition) is 1. The molecule has 2 aliphatic rings. The largest absolute Gasteiger partial charge is 0.508 e. The van der Waals surface area contributed by atoms with E-state index in [1.165, 1.54) is 6.42 Å². The van der Waals surface area contributed by atoms with Crippen molar-refractivity contribution in [3.8, 4) is 17.2 Å². The molecule has 0 radical (unpaired) electrons. The zero-order chi connectivity index (χ0) is 26.8. The summed E-state index contributed by atoms with van der Waals surface area (Å²) in [6.45, 7) is 16.0. The standard InChI is InChI=1S/C33H38N2O3/c1-21-14-15-35(19-21)23(3)20-37-28-10-7-26(8-11-28)33-32(29-12-6-25(18-34-5)16-22(29)2)24(4)30-17-27(36)9-13-31(30)38-33/h6-13,16-17,21,23,33,36H,5,14-15,18-20H2,1-4H3. The molecule has 5 rings (SSSR count). The molecule has 0 aliphatic carbocycles. The van der Waals surface area contributed by atoms with Crippen LogP contribution in [0.15, 0.2) is 65.7 Å². The molecule has 3 atom stereocenters. The first-order valence-electron chi connectivity index (χ1n) is 13.5. The lowest BCUT2D eigenvalue weighted by Crippen LogP contribution is -2.35. The van der Waals surface area contributed by atoms with E-state index in [0.717, 1.165) is 69.5 Å². The third kappa shape index (κ3) is 5.34. The summed E-state index contributed by atoms with van der Waals surface area (Å²) >= 11 is 0. The fraction of sp³-hybridized carbons (Fsp3) is 0.364. The Labute approximate surface area is 226 Å². The Kier molecular flexibility index (Phi) is 7.57. The maximum absolute atomic E-state index is 10.2. The van der Waals surface area contributed by atoms with Crippen LogP contribution in [0, 0.1) is 12.8 Å². The summed E-state index contributed by atoms with van der Waals surface area (Å²) in [6, 6.07) is 20.4. The van der Waals surface area contributed by atoms with Gasteiger partial charge in [-0.25, -0.2) is 0 Å². The van der Waals surface area contributed by atoms with Gasteiger partial charge in [0.2, 0.25) is 0 Å². The van der Waals surface area contributed by atoms with E-state index in [1.54, 1.807) is 12.1 Å². The lowest BCUT2D eigenvalue weighted by Gasteiger charge is -2.32. The summed E-state index contributed by atoms with van der Waals surface area (Å²) in [6.07, 6.45) is 0.986. The molecule has 1 N–H and O–H groups in total. The van der Waals surface area contributed by atoms with Gasteiger partial charge in [0, 0.05) is 23.7 Å². The van der Waals surface area contributed by atoms with Gasteiger partial charge >= 0.3 is 0 Å². The van der Waals surface area contributed by atoms with Gasteiger partial charge < -0.3 is 14.6 Å². The van der Waals surface area contributed by atoms with E-state index in [1.807, 2.05) is 18.2 Å². The third-order valence-corrected chi connectivity index (χ3v) is 7.91. The van der Waals surface area contributed by atoms with Crippen LogP contribution in [0.5, 0.6) is 17.2 Å². The number of nitrogens with zero attached hydrogens (tertiary/aromatic N) is 2. The molecule has 5 nitrogen and oxygen atoms in total. The van der Waals surface area contributed by atoms with E-state index < -0.39 is 0 Å². The van der Waals surface area contributed by atoms with Crippen LogP contribution >= 0.6 is 0 Å². The number of allylic oxidation sites excluding steroid dienone is 1. The van der Waals surface area contributed by atoms with Crippen molar-refractivity contribution in [1.29, 1.82) is 0 Å². The lowest BCUT2D eigenvalue weighted by atomic mass is 9.84. The number of ether oxygens (including phenoxy) is 2. The van der Waals surface area contributed by atoms with Crippen molar-refractivity contribution in [1.82, 2.24) is 4.90 Å². The Morgan fingerprint density at radius 1 is 1.08 bits per heavy atom. The number of benzene rings is 3. The van der Waals surface area contributed by atoms with Gasteiger partial charge in [0.05, 0.1) is 6.54 Å². The monoisotopic (exact) mass is 510 g/mol. The molecule has 198 valence electrons. The van der Waals surface area contributed by atoms with Gasteiger partial charge in [0.15, 0.2) is 0 Å². The van der Waals surface area contributed by atoms with Crippen LogP contribution in [0.2, 0.25) is 0 Å². The van der Waals surface area contributed by atoms with E-state index in [0.29, 0.717) is 19.2 Å². The summed E-state index contributed by atoms with van der Waals surface area (Å²) < 4.78 is 12.8. The van der Waals surface area contributed by atoms with E-state index >= 15 is 0 Å². The van der Waals surface area contributed by atoms with E-state index in [2.05, 4.69) is 74.6 Å². The summed E-state index contributed by atoms with van der Waals surface area (Å²) in [5.41, 5.74) is 7.58. The quantitative estimate of drug-likeness (QED) is 0.329. The highest BCUT2D eigenvalue weighted by Gasteiger charge is 2.30. The minimum atomic E-state index is -0.284. The molecule has 0 bridgehead atoms. The molecule has 0 amide bonds. The molecule has 0 saturated carbocycles. The second-order valence-corrected chi connectivity index (χ2v) is 10.9. The first-order valence-corrected chi connectivity index (χ1v) is 13.5. The normalized spacial score (nSPS) is 20.1. The number of fused-ring (bicyclic) bond motifs is 1. The Balaban J connectivity index is 1.43. The Morgan fingerprint density at radius 2 is 1.87 bits per heavy atom. The predicted octanol–water partition coefficient (Wildman–Crippen LogP) is 7.07. The summed E-state index contributed by atoms with van der Waals surface area (Å²) in [4.78, 5) is 6.55. The second kappa shape index (κ2) is 11.0. The predicted molar refractivity (Wildman–Crippen MR) is 155 cm³/mol. The highest BCUT2D eigenvalue weighted by atomic mass is 16.5. The van der Waals surface area contributed by atoms with Crippen LogP contribution in [-0.2, 0) is 6.54 Å². The van der Waals surface area contributed by atoms with Crippen molar-refractivity contribution < 1.29 is 14.6 Å². The molecular weight excluding hydrogens is 472 g/mol. The minimum Gasteiger partial charge on any atom is -0.508 e. The minimum absolute atomic E-state index is 0.229. The molecule has 0 aromatic heterocycles. The van der Waals surface area contributed by atoms with Crippen LogP contribution in [0.4, 0.5) is 0 Å². The van der Waals surface area contributed by atoms with Crippen molar-refractivity contribution in [2.45, 2.75) is 52.8 Å². The SMILES string of the molecule is C=NCc1ccc(C2=C(C)c3cc(O)ccc3OC2c2ccc(OCC(C)N3CCC(C)C3)cc2)c(C)c1. The number of hydrogen-bond acceptors (Lipinski definition) is 5. The molecule has 1 saturated heterocycles. The molecule has 3 aromatic rings. The van der Waals surface area contributed by atoms with Gasteiger partial charge in [-0.2, -0.15) is 0 Å². The molecule has 2 heterocycles. The zero-order valence-electron chi connectivity index (χ0n) is 22.9. The molecule has 3 unspecified atom stereocenters. The van der Waals surface area contributed by atoms with E-state index in [-0.39, 0.29) is 11.9 Å². The van der Waals surface area contributed by atoms with Crippen molar-refractivity contribution in [2.75, 3.05) is 19.7 Å². The molecule has 2 aliphatic heterocycles. The van der Waals surface area contributed by atoms with Gasteiger partial charge in [0.25, 0.3) is 0 Å². The number of aryl methyl sites for hydroxylation is 1. The number of aliphatic imine (C=N–C) groups is 1. The fourth-order valence-corrected chi connectivity index (χ4v) is 5.71. The van der Waals surface area contributed by atoms with E-state index in [4.69, 9.17) is 9.47 Å². The van der Waals surface area contributed by atoms with E-state index in [9.17, 15) is 5.11 Å². The molecular formula is C33H38N2O3. The maximum atomic E-state index is 10.2. The maximum Gasteiger partial charge on any atom is 0.150 e. The van der Waals surface area contributed by atoms with Crippen molar-refractivity contribution in [2.24, 2.45) is 10.9 Å². The van der Waals surface area contributed by atoms with Crippen molar-refractivity contribution in [3.05, 3.63) is 88.5 Å². The van der Waals surface area contributed by atoms with Crippen LogP contribution in [0.1, 0.15) is 61.1 Å². The Bertz CT molecular complexity index is 1340. The molecule has 5 heteroatoms. The average molecular weight is 511 g/mol. The highest BCUT2D eigenvalue weighted by Crippen LogP contribution is 2.48. The topological polar surface area (TPSA) is 54.3 Å². The van der Waals surface area contributed by atoms with Gasteiger partial charge in [-0.3, -0.25) is 9.89 Å². The number of phenolic OH excluding ortho intramolecular Hbond substituents is 1. The number of rotatable bonds is 8. The summed E-state index contributed by atoms with van der Waals surface area (Å²) in [5, 5.41) is 10.2. The van der Waals surface area contributed by atoms with Gasteiger partial charge in [0.1, 0.15) is 30.0 Å². The fourth-order valence-electron chi connectivity index (χ4n) is 5.71. The van der Waals surface area contributed by atoms with Gasteiger partial charge in [-0.05, 0) is 105 Å². The Hall–Kier alpha value is -3.57. The van der Waals surface area contributed by atoms with Crippen LogP contribution in [0.25, 0.3) is 11.1 Å². The van der Waals surface area contributed by atoms with Crippen LogP contribution in [-0.4, -0.2) is 42.5 Å². The highest BCUT2D eigenvalue weighted by molar-refractivity contribution is 5.96. The Morgan fingerprint density at radius 3 is 2.55 bits per heavy atom. The first kappa shape index (κ1) is 26.1. The lowest BCUT2D eigenvalue weighted by molar-refractivity contribution is 0.169. The van der Waals surface area contributed by atoms with Crippen LogP contribution in [0.3, 0.4) is 0 Å². The smallest absolute Gasteiger partial charge is 0.150 e. The molecule has 38 heavy (non-hydrogen) atoms. The number of aromatic hydroxyl groups is 1.